The second-order valence-electron chi connectivity index (χ2n) is 9.91. The van der Waals surface area contributed by atoms with Gasteiger partial charge < -0.3 is 29.6 Å². The van der Waals surface area contributed by atoms with Crippen molar-refractivity contribution in [3.8, 4) is 0 Å². The molecule has 35 heavy (non-hydrogen) atoms. The molecule has 1 atom stereocenters. The first-order valence-electron chi connectivity index (χ1n) is 11.7. The molecule has 1 aromatic carbocycles. The van der Waals surface area contributed by atoms with E-state index in [-0.39, 0.29) is 11.7 Å². The number of ether oxygens (including phenoxy) is 1. The number of benzene rings is 1. The van der Waals surface area contributed by atoms with Gasteiger partial charge in [0.15, 0.2) is 0 Å². The summed E-state index contributed by atoms with van der Waals surface area (Å²) in [5.41, 5.74) is 1.41. The van der Waals surface area contributed by atoms with Gasteiger partial charge in [-0.2, -0.15) is 0 Å². The van der Waals surface area contributed by atoms with Crippen molar-refractivity contribution < 1.29 is 19.4 Å². The number of H-pyrrole nitrogens is 1. The van der Waals surface area contributed by atoms with Crippen LogP contribution in [0, 0.1) is 6.92 Å². The predicted molar refractivity (Wildman–Crippen MR) is 132 cm³/mol. The number of piperidine rings is 1. The smallest absolute Gasteiger partial charge is 0.407 e. The number of hydrogen-bond donors (Lipinski definition) is 3. The number of amides is 1. The zero-order chi connectivity index (χ0) is 25.3. The molecule has 186 valence electrons. The first kappa shape index (κ1) is 24.3. The van der Waals surface area contributed by atoms with Crippen LogP contribution < -0.4 is 15.8 Å². The number of alkyl carbamates (subject to hydrolysis) is 1. The fraction of sp³-hybridized carbons (Fsp3) is 0.440. The predicted octanol–water partition coefficient (Wildman–Crippen LogP) is 3.27. The molecule has 1 fully saturated rings. The van der Waals surface area contributed by atoms with Crippen LogP contribution in [0.2, 0.25) is 0 Å². The van der Waals surface area contributed by atoms with Crippen molar-refractivity contribution in [1.29, 1.82) is 0 Å². The SMILES string of the molecule is Cc1ccccc1Cn1c(N2CCC[C@@H](NC(=O)OC(C)(C)C)C2)nc2cc(C(=O)O)[nH]c(=O)c21. The molecule has 1 aliphatic heterocycles. The van der Waals surface area contributed by atoms with Crippen LogP contribution in [0.4, 0.5) is 10.7 Å². The number of pyridine rings is 1. The van der Waals surface area contributed by atoms with E-state index in [0.717, 1.165) is 24.0 Å². The minimum absolute atomic E-state index is 0.154. The van der Waals surface area contributed by atoms with E-state index in [0.29, 0.717) is 36.6 Å². The number of fused-ring (bicyclic) bond motifs is 1. The van der Waals surface area contributed by atoms with E-state index >= 15 is 0 Å². The first-order chi connectivity index (χ1) is 16.5. The van der Waals surface area contributed by atoms with Crippen LogP contribution in [0.25, 0.3) is 11.0 Å². The lowest BCUT2D eigenvalue weighted by Crippen LogP contribution is -2.49. The van der Waals surface area contributed by atoms with Crippen molar-refractivity contribution in [3.05, 3.63) is 57.5 Å². The highest BCUT2D eigenvalue weighted by Crippen LogP contribution is 2.26. The van der Waals surface area contributed by atoms with Gasteiger partial charge in [-0.15, -0.1) is 0 Å². The van der Waals surface area contributed by atoms with Crippen LogP contribution >= 0.6 is 0 Å². The molecule has 1 amide bonds. The largest absolute Gasteiger partial charge is 0.477 e. The average molecular weight is 482 g/mol. The quantitative estimate of drug-likeness (QED) is 0.510. The number of anilines is 1. The molecule has 0 spiro atoms. The van der Waals surface area contributed by atoms with E-state index in [9.17, 15) is 19.5 Å². The standard InChI is InChI=1S/C25H31N5O5/c1-15-8-5-6-9-16(15)13-30-20-18(12-19(22(32)33)27-21(20)31)28-23(30)29-11-7-10-17(14-29)26-24(34)35-25(2,3)4/h5-6,8-9,12,17H,7,10-11,13-14H2,1-4H3,(H,26,34)(H,27,31)(H,32,33)/t17-/m1/s1. The maximum Gasteiger partial charge on any atom is 0.407 e. The van der Waals surface area contributed by atoms with Crippen LogP contribution in [0.15, 0.2) is 35.1 Å². The Morgan fingerprint density at radius 3 is 2.71 bits per heavy atom. The molecule has 2 aromatic heterocycles. The number of rotatable bonds is 5. The molecule has 3 heterocycles. The summed E-state index contributed by atoms with van der Waals surface area (Å²) in [5.74, 6) is -0.661. The summed E-state index contributed by atoms with van der Waals surface area (Å²) in [4.78, 5) is 46.0. The van der Waals surface area contributed by atoms with E-state index in [1.54, 1.807) is 0 Å². The summed E-state index contributed by atoms with van der Waals surface area (Å²) in [5, 5.41) is 12.3. The molecule has 3 N–H and O–H groups in total. The third kappa shape index (κ3) is 5.47. The third-order valence-corrected chi connectivity index (χ3v) is 5.96. The highest BCUT2D eigenvalue weighted by molar-refractivity contribution is 5.90. The summed E-state index contributed by atoms with van der Waals surface area (Å²) >= 11 is 0. The number of aromatic nitrogens is 3. The number of aryl methyl sites for hydroxylation is 1. The number of carbonyl (C=O) groups is 2. The Balaban J connectivity index is 1.72. The number of hydrogen-bond acceptors (Lipinski definition) is 6. The Labute approximate surface area is 202 Å². The fourth-order valence-corrected chi connectivity index (χ4v) is 4.37. The van der Waals surface area contributed by atoms with E-state index in [1.807, 2.05) is 61.4 Å². The minimum Gasteiger partial charge on any atom is -0.477 e. The lowest BCUT2D eigenvalue weighted by atomic mass is 10.1. The third-order valence-electron chi connectivity index (χ3n) is 5.96. The fourth-order valence-electron chi connectivity index (χ4n) is 4.37. The number of nitrogens with zero attached hydrogens (tertiary/aromatic N) is 3. The number of aromatic amines is 1. The molecule has 1 saturated heterocycles. The summed E-state index contributed by atoms with van der Waals surface area (Å²) in [6, 6.07) is 9.12. The van der Waals surface area contributed by atoms with Crippen LogP contribution in [0.3, 0.4) is 0 Å². The van der Waals surface area contributed by atoms with E-state index in [1.165, 1.54) is 6.07 Å². The van der Waals surface area contributed by atoms with Gasteiger partial charge in [-0.3, -0.25) is 4.79 Å². The van der Waals surface area contributed by atoms with Crippen molar-refractivity contribution in [2.45, 2.75) is 58.7 Å². The van der Waals surface area contributed by atoms with E-state index in [4.69, 9.17) is 9.72 Å². The number of carboxylic acids is 1. The lowest BCUT2D eigenvalue weighted by Gasteiger charge is -2.34. The Morgan fingerprint density at radius 2 is 2.03 bits per heavy atom. The maximum atomic E-state index is 13.0. The molecule has 4 rings (SSSR count). The molecular weight excluding hydrogens is 450 g/mol. The summed E-state index contributed by atoms with van der Waals surface area (Å²) in [6.45, 7) is 9.02. The van der Waals surface area contributed by atoms with Crippen LogP contribution in [0.1, 0.15) is 55.2 Å². The van der Waals surface area contributed by atoms with Gasteiger partial charge in [-0.25, -0.2) is 14.6 Å². The minimum atomic E-state index is -1.22. The van der Waals surface area contributed by atoms with Crippen molar-refractivity contribution in [3.63, 3.8) is 0 Å². The van der Waals surface area contributed by atoms with Crippen LogP contribution in [-0.4, -0.2) is 56.4 Å². The highest BCUT2D eigenvalue weighted by atomic mass is 16.6. The van der Waals surface area contributed by atoms with Gasteiger partial charge in [-0.1, -0.05) is 24.3 Å². The maximum absolute atomic E-state index is 13.0. The number of imidazole rings is 1. The molecule has 10 heteroatoms. The molecule has 0 aliphatic carbocycles. The molecule has 0 bridgehead atoms. The summed E-state index contributed by atoms with van der Waals surface area (Å²) < 4.78 is 7.24. The van der Waals surface area contributed by atoms with Gasteiger partial charge in [0.2, 0.25) is 5.95 Å². The molecule has 3 aromatic rings. The van der Waals surface area contributed by atoms with Gasteiger partial charge >= 0.3 is 12.1 Å². The number of carboxylic acid groups (broad SMARTS) is 1. The number of nitrogens with one attached hydrogen (secondary N) is 2. The topological polar surface area (TPSA) is 130 Å². The Kier molecular flexibility index (Phi) is 6.56. The monoisotopic (exact) mass is 481 g/mol. The van der Waals surface area contributed by atoms with Gasteiger partial charge in [0.1, 0.15) is 16.8 Å². The molecule has 0 radical (unpaired) electrons. The Bertz CT molecular complexity index is 1320. The highest BCUT2D eigenvalue weighted by Gasteiger charge is 2.28. The zero-order valence-electron chi connectivity index (χ0n) is 20.4. The van der Waals surface area contributed by atoms with Crippen molar-refractivity contribution in [2.75, 3.05) is 18.0 Å². The summed E-state index contributed by atoms with van der Waals surface area (Å²) in [6.07, 6.45) is 1.13. The summed E-state index contributed by atoms with van der Waals surface area (Å²) in [7, 11) is 0. The lowest BCUT2D eigenvalue weighted by molar-refractivity contribution is 0.0499. The molecule has 10 nitrogen and oxygen atoms in total. The van der Waals surface area contributed by atoms with Crippen molar-refractivity contribution in [1.82, 2.24) is 19.9 Å². The van der Waals surface area contributed by atoms with Crippen LogP contribution in [0.5, 0.6) is 0 Å². The van der Waals surface area contributed by atoms with Crippen LogP contribution in [-0.2, 0) is 11.3 Å². The van der Waals surface area contributed by atoms with Gasteiger partial charge in [0, 0.05) is 19.1 Å². The van der Waals surface area contributed by atoms with E-state index < -0.39 is 23.2 Å². The van der Waals surface area contributed by atoms with Gasteiger partial charge in [0.25, 0.3) is 5.56 Å². The average Bonchev–Trinajstić information content (AvgIpc) is 3.13. The number of carbonyl (C=O) groups excluding carboxylic acids is 1. The second kappa shape index (κ2) is 9.44. The molecule has 0 unspecified atom stereocenters. The normalized spacial score (nSPS) is 16.3. The molecular formula is C25H31N5O5. The molecule has 0 saturated carbocycles. The zero-order valence-corrected chi connectivity index (χ0v) is 20.4. The Hall–Kier alpha value is -3.82. The second-order valence-corrected chi connectivity index (χ2v) is 9.91. The van der Waals surface area contributed by atoms with Gasteiger partial charge in [0.05, 0.1) is 12.1 Å². The van der Waals surface area contributed by atoms with Gasteiger partial charge in [-0.05, 0) is 57.7 Å². The van der Waals surface area contributed by atoms with Crippen molar-refractivity contribution in [2.24, 2.45) is 0 Å². The number of aromatic carboxylic acids is 1. The first-order valence-corrected chi connectivity index (χ1v) is 11.7. The molecule has 1 aliphatic rings. The van der Waals surface area contributed by atoms with E-state index in [2.05, 4.69) is 10.3 Å². The van der Waals surface area contributed by atoms with Crippen molar-refractivity contribution >= 4 is 29.0 Å². The Morgan fingerprint density at radius 1 is 1.29 bits per heavy atom.